The van der Waals surface area contributed by atoms with Crippen LogP contribution in [0.5, 0.6) is 0 Å². The van der Waals surface area contributed by atoms with Crippen LogP contribution in [0.25, 0.3) is 0 Å². The number of rotatable bonds is 4. The zero-order chi connectivity index (χ0) is 16.1. The van der Waals surface area contributed by atoms with Crippen molar-refractivity contribution in [3.8, 4) is 0 Å². The largest absolute Gasteiger partial charge is 0.305 e. The second-order valence-electron chi connectivity index (χ2n) is 5.47. The molecule has 1 N–H and O–H groups in total. The van der Waals surface area contributed by atoms with E-state index in [-0.39, 0.29) is 5.91 Å². The number of carbonyl (C=O) groups is 1. The molecule has 0 saturated heterocycles. The number of aromatic nitrogens is 1. The Morgan fingerprint density at radius 2 is 1.61 bits per heavy atom. The number of hydrogen-bond acceptors (Lipinski definition) is 1. The molecule has 1 heterocycles. The van der Waals surface area contributed by atoms with Gasteiger partial charge in [0.05, 0.1) is 6.42 Å². The first-order valence-electron chi connectivity index (χ1n) is 7.64. The second kappa shape index (κ2) is 6.88. The normalized spacial score (nSPS) is 10.3. The van der Waals surface area contributed by atoms with Crippen LogP contribution in [-0.4, -0.2) is 5.91 Å². The smallest absolute Gasteiger partial charge is 0.264 e. The molecule has 0 unspecified atom stereocenters. The molecule has 0 saturated carbocycles. The van der Waals surface area contributed by atoms with E-state index < -0.39 is 0 Å². The number of amides is 1. The number of aryl methyl sites for hydroxylation is 1. The first kappa shape index (κ1) is 15.0. The Kier molecular flexibility index (Phi) is 4.48. The molecule has 0 spiro atoms. The minimum atomic E-state index is -0.118. The third-order valence-electron chi connectivity index (χ3n) is 3.84. The molecule has 1 amide bonds. The van der Waals surface area contributed by atoms with E-state index in [1.165, 1.54) is 11.1 Å². The van der Waals surface area contributed by atoms with Crippen LogP contribution in [0.15, 0.2) is 79.0 Å². The van der Waals surface area contributed by atoms with Gasteiger partial charge in [0, 0.05) is 17.7 Å². The molecular weight excluding hydrogens is 284 g/mol. The van der Waals surface area contributed by atoms with E-state index in [4.69, 9.17) is 0 Å². The Morgan fingerprint density at radius 3 is 2.39 bits per heavy atom. The van der Waals surface area contributed by atoms with Crippen molar-refractivity contribution in [2.24, 2.45) is 0 Å². The van der Waals surface area contributed by atoms with Gasteiger partial charge in [-0.1, -0.05) is 47.1 Å². The maximum absolute atomic E-state index is 12.4. The maximum atomic E-state index is 12.4. The molecule has 0 aliphatic carbocycles. The number of nitrogens with one attached hydrogen (secondary N) is 1. The number of carbonyl (C=O) groups excluding carboxylic acids is 1. The van der Waals surface area contributed by atoms with Crippen LogP contribution in [0.4, 0.5) is 0 Å². The summed E-state index contributed by atoms with van der Waals surface area (Å²) in [6.45, 7) is 2.10. The third-order valence-corrected chi connectivity index (χ3v) is 3.84. The average Bonchev–Trinajstić information content (AvgIpc) is 2.59. The summed E-state index contributed by atoms with van der Waals surface area (Å²) in [6, 6.07) is 23.4. The molecule has 114 valence electrons. The van der Waals surface area contributed by atoms with Crippen molar-refractivity contribution in [3.05, 3.63) is 101 Å². The van der Waals surface area contributed by atoms with Gasteiger partial charge in [-0.2, -0.15) is 0 Å². The Labute approximate surface area is 136 Å². The molecule has 2 aromatic carbocycles. The fourth-order valence-corrected chi connectivity index (χ4v) is 2.50. The van der Waals surface area contributed by atoms with E-state index in [9.17, 15) is 4.79 Å². The number of pyridine rings is 1. The van der Waals surface area contributed by atoms with Crippen LogP contribution >= 0.6 is 0 Å². The second-order valence-corrected chi connectivity index (χ2v) is 5.47. The van der Waals surface area contributed by atoms with Gasteiger partial charge in [0.15, 0.2) is 6.20 Å². The molecule has 0 bridgehead atoms. The fourth-order valence-electron chi connectivity index (χ4n) is 2.50. The molecule has 3 heteroatoms. The van der Waals surface area contributed by atoms with Crippen molar-refractivity contribution in [1.29, 1.82) is 0 Å². The van der Waals surface area contributed by atoms with Gasteiger partial charge < -0.3 is 0 Å². The van der Waals surface area contributed by atoms with Gasteiger partial charge >= 0.3 is 5.91 Å². The van der Waals surface area contributed by atoms with Crippen molar-refractivity contribution >= 4 is 5.91 Å². The number of benzene rings is 2. The Bertz CT molecular complexity index is 813. The zero-order valence-corrected chi connectivity index (χ0v) is 13.1. The molecule has 0 aliphatic heterocycles. The molecule has 3 nitrogen and oxygen atoms in total. The summed E-state index contributed by atoms with van der Waals surface area (Å²) in [6.07, 6.45) is 2.64. The highest BCUT2D eigenvalue weighted by atomic mass is 16.2. The third kappa shape index (κ3) is 3.64. The number of nitrogens with zero attached hydrogens (tertiary/aromatic N) is 1. The van der Waals surface area contributed by atoms with E-state index in [0.29, 0.717) is 5.56 Å². The summed E-state index contributed by atoms with van der Waals surface area (Å²) >= 11 is 0. The van der Waals surface area contributed by atoms with Gasteiger partial charge in [0.2, 0.25) is 5.69 Å². The van der Waals surface area contributed by atoms with Crippen molar-refractivity contribution in [2.45, 2.75) is 13.3 Å². The lowest BCUT2D eigenvalue weighted by molar-refractivity contribution is -0.649. The number of hydrogen-bond donors (Lipinski definition) is 1. The topological polar surface area (TPSA) is 33.0 Å². The van der Waals surface area contributed by atoms with Gasteiger partial charge in [0.1, 0.15) is 0 Å². The summed E-state index contributed by atoms with van der Waals surface area (Å²) in [5, 5.41) is 0. The van der Waals surface area contributed by atoms with Crippen LogP contribution in [0, 0.1) is 6.92 Å². The quantitative estimate of drug-likeness (QED) is 0.737. The van der Waals surface area contributed by atoms with Crippen molar-refractivity contribution < 1.29 is 9.47 Å². The predicted octanol–water partition coefficient (Wildman–Crippen LogP) is 3.26. The van der Waals surface area contributed by atoms with Gasteiger partial charge in [-0.05, 0) is 36.2 Å². The van der Waals surface area contributed by atoms with Gasteiger partial charge in [-0.3, -0.25) is 4.79 Å². The monoisotopic (exact) mass is 303 g/mol. The summed E-state index contributed by atoms with van der Waals surface area (Å²) in [5.74, 6) is -0.118. The summed E-state index contributed by atoms with van der Waals surface area (Å²) in [5.41, 5.74) is 7.12. The average molecular weight is 303 g/mol. The van der Waals surface area contributed by atoms with Crippen molar-refractivity contribution in [2.75, 3.05) is 5.43 Å². The summed E-state index contributed by atoms with van der Waals surface area (Å²) in [4.78, 5) is 12.4. The molecule has 0 fully saturated rings. The highest BCUT2D eigenvalue weighted by Crippen LogP contribution is 2.11. The van der Waals surface area contributed by atoms with Gasteiger partial charge in [-0.25, -0.2) is 0 Å². The molecule has 3 rings (SSSR count). The van der Waals surface area contributed by atoms with E-state index in [1.807, 2.05) is 54.7 Å². The van der Waals surface area contributed by atoms with E-state index in [1.54, 1.807) is 16.8 Å². The van der Waals surface area contributed by atoms with Crippen LogP contribution in [0.1, 0.15) is 27.2 Å². The van der Waals surface area contributed by atoms with Crippen LogP contribution < -0.4 is 10.1 Å². The van der Waals surface area contributed by atoms with Crippen molar-refractivity contribution in [1.82, 2.24) is 0 Å². The lowest BCUT2D eigenvalue weighted by Gasteiger charge is -2.06. The first-order valence-corrected chi connectivity index (χ1v) is 7.64. The van der Waals surface area contributed by atoms with Crippen molar-refractivity contribution in [3.63, 3.8) is 0 Å². The van der Waals surface area contributed by atoms with Crippen LogP contribution in [-0.2, 0) is 6.42 Å². The van der Waals surface area contributed by atoms with Gasteiger partial charge in [-0.15, -0.1) is 5.43 Å². The Morgan fingerprint density at radius 1 is 0.913 bits per heavy atom. The predicted molar refractivity (Wildman–Crippen MR) is 90.8 cm³/mol. The summed E-state index contributed by atoms with van der Waals surface area (Å²) in [7, 11) is 0. The van der Waals surface area contributed by atoms with Crippen LogP contribution in [0.2, 0.25) is 0 Å². The standard InChI is InChI=1S/C20H18N2O/c1-16-9-5-6-12-18(16)15-19-13-7-8-14-22(19)21-20(23)17-10-3-2-4-11-17/h2-14H,15H2,1H3/p+1. The highest BCUT2D eigenvalue weighted by Gasteiger charge is 2.16. The Balaban J connectivity index is 1.84. The first-order chi connectivity index (χ1) is 11.2. The zero-order valence-electron chi connectivity index (χ0n) is 13.1. The van der Waals surface area contributed by atoms with E-state index in [0.717, 1.165) is 12.1 Å². The molecule has 1 aromatic heterocycles. The minimum absolute atomic E-state index is 0.118. The van der Waals surface area contributed by atoms with E-state index >= 15 is 0 Å². The highest BCUT2D eigenvalue weighted by molar-refractivity contribution is 5.98. The Hall–Kier alpha value is -2.94. The molecule has 0 atom stereocenters. The van der Waals surface area contributed by atoms with Gasteiger partial charge in [0.25, 0.3) is 0 Å². The summed E-state index contributed by atoms with van der Waals surface area (Å²) < 4.78 is 1.79. The molecular formula is C20H19N2O+. The molecule has 0 aliphatic rings. The molecule has 3 aromatic rings. The SMILES string of the molecule is Cc1ccccc1Cc1cccc[n+]1NC(=O)c1ccccc1. The lowest BCUT2D eigenvalue weighted by Crippen LogP contribution is -2.51. The maximum Gasteiger partial charge on any atom is 0.305 e. The molecule has 23 heavy (non-hydrogen) atoms. The minimum Gasteiger partial charge on any atom is -0.264 e. The van der Waals surface area contributed by atoms with Crippen LogP contribution in [0.3, 0.4) is 0 Å². The lowest BCUT2D eigenvalue weighted by atomic mass is 10.0. The molecule has 0 radical (unpaired) electrons. The van der Waals surface area contributed by atoms with E-state index in [2.05, 4.69) is 24.5 Å². The fraction of sp³-hybridized carbons (Fsp3) is 0.100.